The van der Waals surface area contributed by atoms with Crippen LogP contribution in [0.1, 0.15) is 60.3 Å². The summed E-state index contributed by atoms with van der Waals surface area (Å²) in [7, 11) is 0. The molecule has 0 spiro atoms. The lowest BCUT2D eigenvalue weighted by molar-refractivity contribution is -0.142. The van der Waals surface area contributed by atoms with Crippen LogP contribution in [0, 0.1) is 11.3 Å². The third-order valence-corrected chi connectivity index (χ3v) is 3.83. The summed E-state index contributed by atoms with van der Waals surface area (Å²) in [6.07, 6.45) is 3.88. The van der Waals surface area contributed by atoms with E-state index in [0.29, 0.717) is 6.54 Å². The van der Waals surface area contributed by atoms with E-state index in [4.69, 9.17) is 0 Å². The second-order valence-electron chi connectivity index (χ2n) is 7.04. The van der Waals surface area contributed by atoms with E-state index in [9.17, 15) is 9.59 Å². The fourth-order valence-corrected chi connectivity index (χ4v) is 2.72. The summed E-state index contributed by atoms with van der Waals surface area (Å²) in [5.41, 5.74) is -0.367. The summed E-state index contributed by atoms with van der Waals surface area (Å²) in [5, 5.41) is 3.07. The Labute approximate surface area is 123 Å². The van der Waals surface area contributed by atoms with Crippen molar-refractivity contribution < 1.29 is 9.59 Å². The summed E-state index contributed by atoms with van der Waals surface area (Å²) in [5.74, 6) is 0.211. The zero-order chi connectivity index (χ0) is 15.3. The predicted octanol–water partition coefficient (Wildman–Crippen LogP) is 2.58. The average molecular weight is 282 g/mol. The van der Waals surface area contributed by atoms with E-state index in [2.05, 4.69) is 12.2 Å². The van der Waals surface area contributed by atoms with Crippen LogP contribution in [0.4, 0.5) is 0 Å². The molecule has 4 nitrogen and oxygen atoms in total. The summed E-state index contributed by atoms with van der Waals surface area (Å²) in [6.45, 7) is 11.3. The molecule has 0 aromatic carbocycles. The summed E-state index contributed by atoms with van der Waals surface area (Å²) >= 11 is 0. The van der Waals surface area contributed by atoms with Gasteiger partial charge in [0, 0.05) is 24.5 Å². The van der Waals surface area contributed by atoms with Gasteiger partial charge in [0.1, 0.15) is 0 Å². The third-order valence-electron chi connectivity index (χ3n) is 3.83. The first-order valence-corrected chi connectivity index (χ1v) is 7.85. The highest BCUT2D eigenvalue weighted by Gasteiger charge is 2.33. The molecule has 0 aromatic heterocycles. The van der Waals surface area contributed by atoms with E-state index in [0.717, 1.165) is 32.2 Å². The van der Waals surface area contributed by atoms with E-state index >= 15 is 0 Å². The van der Waals surface area contributed by atoms with Crippen molar-refractivity contribution in [3.63, 3.8) is 0 Å². The SMILES string of the molecule is CCCC(C)NC(=O)C1CCCN(C(=O)C(C)(C)C)C1. The molecule has 0 bridgehead atoms. The number of carbonyl (C=O) groups is 2. The number of likely N-dealkylation sites (tertiary alicyclic amines) is 1. The van der Waals surface area contributed by atoms with Crippen LogP contribution in [-0.2, 0) is 9.59 Å². The maximum absolute atomic E-state index is 12.3. The van der Waals surface area contributed by atoms with E-state index in [1.807, 2.05) is 32.6 Å². The number of amides is 2. The molecule has 1 heterocycles. The normalized spacial score (nSPS) is 21.4. The van der Waals surface area contributed by atoms with Gasteiger partial charge in [0.15, 0.2) is 0 Å². The smallest absolute Gasteiger partial charge is 0.227 e. The summed E-state index contributed by atoms with van der Waals surface area (Å²) < 4.78 is 0. The van der Waals surface area contributed by atoms with Crippen LogP contribution >= 0.6 is 0 Å². The molecule has 1 rings (SSSR count). The number of hydrogen-bond donors (Lipinski definition) is 1. The number of carbonyl (C=O) groups excluding carboxylic acids is 2. The van der Waals surface area contributed by atoms with Gasteiger partial charge in [0.25, 0.3) is 0 Å². The highest BCUT2D eigenvalue weighted by atomic mass is 16.2. The van der Waals surface area contributed by atoms with Gasteiger partial charge in [-0.25, -0.2) is 0 Å². The van der Waals surface area contributed by atoms with Gasteiger partial charge < -0.3 is 10.2 Å². The quantitative estimate of drug-likeness (QED) is 0.861. The van der Waals surface area contributed by atoms with Gasteiger partial charge in [-0.15, -0.1) is 0 Å². The monoisotopic (exact) mass is 282 g/mol. The van der Waals surface area contributed by atoms with Gasteiger partial charge in [0.2, 0.25) is 11.8 Å². The molecular weight excluding hydrogens is 252 g/mol. The van der Waals surface area contributed by atoms with Crippen molar-refractivity contribution in [1.82, 2.24) is 10.2 Å². The van der Waals surface area contributed by atoms with Gasteiger partial charge in [-0.3, -0.25) is 9.59 Å². The summed E-state index contributed by atoms with van der Waals surface area (Å²) in [6, 6.07) is 0.223. The van der Waals surface area contributed by atoms with E-state index in [-0.39, 0.29) is 29.2 Å². The second kappa shape index (κ2) is 7.09. The highest BCUT2D eigenvalue weighted by molar-refractivity contribution is 5.84. The van der Waals surface area contributed by atoms with Crippen molar-refractivity contribution in [2.45, 2.75) is 66.3 Å². The molecule has 0 aromatic rings. The van der Waals surface area contributed by atoms with Crippen LogP contribution in [-0.4, -0.2) is 35.8 Å². The van der Waals surface area contributed by atoms with Crippen LogP contribution in [0.5, 0.6) is 0 Å². The van der Waals surface area contributed by atoms with Crippen molar-refractivity contribution in [3.8, 4) is 0 Å². The van der Waals surface area contributed by atoms with Crippen LogP contribution in [0.3, 0.4) is 0 Å². The van der Waals surface area contributed by atoms with Gasteiger partial charge in [-0.2, -0.15) is 0 Å². The molecule has 0 aliphatic carbocycles. The minimum Gasteiger partial charge on any atom is -0.353 e. The maximum atomic E-state index is 12.3. The highest BCUT2D eigenvalue weighted by Crippen LogP contribution is 2.23. The molecule has 1 N–H and O–H groups in total. The molecule has 2 amide bonds. The zero-order valence-corrected chi connectivity index (χ0v) is 13.7. The van der Waals surface area contributed by atoms with Crippen molar-refractivity contribution in [3.05, 3.63) is 0 Å². The third kappa shape index (κ3) is 4.80. The number of rotatable bonds is 4. The molecule has 1 aliphatic rings. The molecule has 0 saturated carbocycles. The molecule has 4 heteroatoms. The predicted molar refractivity (Wildman–Crippen MR) is 81.3 cm³/mol. The Morgan fingerprint density at radius 2 is 2.00 bits per heavy atom. The lowest BCUT2D eigenvalue weighted by atomic mass is 9.90. The largest absolute Gasteiger partial charge is 0.353 e. The van der Waals surface area contributed by atoms with Crippen molar-refractivity contribution >= 4 is 11.8 Å². The van der Waals surface area contributed by atoms with Gasteiger partial charge in [-0.05, 0) is 26.2 Å². The minimum absolute atomic E-state index is 0.0469. The maximum Gasteiger partial charge on any atom is 0.227 e. The van der Waals surface area contributed by atoms with Crippen LogP contribution in [0.2, 0.25) is 0 Å². The van der Waals surface area contributed by atoms with Crippen LogP contribution in [0.15, 0.2) is 0 Å². The topological polar surface area (TPSA) is 49.4 Å². The van der Waals surface area contributed by atoms with E-state index in [1.165, 1.54) is 0 Å². The zero-order valence-electron chi connectivity index (χ0n) is 13.7. The molecule has 1 fully saturated rings. The fourth-order valence-electron chi connectivity index (χ4n) is 2.72. The molecule has 1 saturated heterocycles. The fraction of sp³-hybridized carbons (Fsp3) is 0.875. The molecule has 2 atom stereocenters. The first kappa shape index (κ1) is 17.0. The number of hydrogen-bond acceptors (Lipinski definition) is 2. The lowest BCUT2D eigenvalue weighted by Crippen LogP contribution is -2.49. The van der Waals surface area contributed by atoms with Gasteiger partial charge in [0.05, 0.1) is 5.92 Å². The first-order valence-electron chi connectivity index (χ1n) is 7.85. The summed E-state index contributed by atoms with van der Waals surface area (Å²) in [4.78, 5) is 26.4. The van der Waals surface area contributed by atoms with Gasteiger partial charge >= 0.3 is 0 Å². The number of nitrogens with zero attached hydrogens (tertiary/aromatic N) is 1. The van der Waals surface area contributed by atoms with Crippen LogP contribution in [0.25, 0.3) is 0 Å². The van der Waals surface area contributed by atoms with Crippen molar-refractivity contribution in [1.29, 1.82) is 0 Å². The number of nitrogens with one attached hydrogen (secondary N) is 1. The first-order chi connectivity index (χ1) is 9.25. The van der Waals surface area contributed by atoms with Crippen molar-refractivity contribution in [2.75, 3.05) is 13.1 Å². The van der Waals surface area contributed by atoms with Crippen molar-refractivity contribution in [2.24, 2.45) is 11.3 Å². The molecule has 0 radical (unpaired) electrons. The van der Waals surface area contributed by atoms with Gasteiger partial charge in [-0.1, -0.05) is 34.1 Å². The Balaban J connectivity index is 2.56. The van der Waals surface area contributed by atoms with Crippen LogP contribution < -0.4 is 5.32 Å². The average Bonchev–Trinajstić information content (AvgIpc) is 2.37. The molecule has 116 valence electrons. The molecule has 1 aliphatic heterocycles. The molecular formula is C16H30N2O2. The lowest BCUT2D eigenvalue weighted by Gasteiger charge is -2.36. The Morgan fingerprint density at radius 1 is 1.35 bits per heavy atom. The molecule has 2 unspecified atom stereocenters. The Hall–Kier alpha value is -1.06. The number of piperidine rings is 1. The Kier molecular flexibility index (Phi) is 6.03. The van der Waals surface area contributed by atoms with E-state index < -0.39 is 0 Å². The minimum atomic E-state index is -0.367. The van der Waals surface area contributed by atoms with E-state index in [1.54, 1.807) is 0 Å². The second-order valence-corrected chi connectivity index (χ2v) is 7.04. The Bertz CT molecular complexity index is 347. The molecule has 20 heavy (non-hydrogen) atoms. The standard InChI is InChI=1S/C16H30N2O2/c1-6-8-12(2)17-14(19)13-9-7-10-18(11-13)15(20)16(3,4)5/h12-13H,6-11H2,1-5H3,(H,17,19). The Morgan fingerprint density at radius 3 is 2.55 bits per heavy atom.